The minimum absolute atomic E-state index is 0.466. The average molecular weight is 258 g/mol. The Labute approximate surface area is 117 Å². The third-order valence-electron chi connectivity index (χ3n) is 3.95. The van der Waals surface area contributed by atoms with Crippen molar-refractivity contribution in [1.29, 1.82) is 0 Å². The molecule has 0 radical (unpaired) electrons. The lowest BCUT2D eigenvalue weighted by atomic mass is 10.00. The third-order valence-corrected chi connectivity index (χ3v) is 3.95. The monoisotopic (exact) mass is 258 g/mol. The van der Waals surface area contributed by atoms with Gasteiger partial charge in [0.2, 0.25) is 0 Å². The fourth-order valence-corrected chi connectivity index (χ4v) is 2.78. The van der Waals surface area contributed by atoms with Crippen LogP contribution in [0.3, 0.4) is 0 Å². The first-order valence-corrected chi connectivity index (χ1v) is 7.49. The number of rotatable bonds is 5. The van der Waals surface area contributed by atoms with Crippen LogP contribution in [0.25, 0.3) is 0 Å². The molecule has 2 rings (SSSR count). The zero-order valence-corrected chi connectivity index (χ0v) is 12.4. The van der Waals surface area contributed by atoms with Crippen LogP contribution in [0.15, 0.2) is 35.9 Å². The summed E-state index contributed by atoms with van der Waals surface area (Å²) in [5, 5.41) is 3.59. The van der Waals surface area contributed by atoms with Gasteiger partial charge in [0.25, 0.3) is 0 Å². The lowest BCUT2D eigenvalue weighted by Crippen LogP contribution is -2.31. The maximum absolute atomic E-state index is 3.59. The van der Waals surface area contributed by atoms with Crippen LogP contribution >= 0.6 is 0 Å². The standard InChI is InChI=1S/C17H26N2/c1-4-16(18-5-2)15-8-6-7-9-17(15)19-12-10-14(3)11-13-19/h6-10,16,18H,4-5,11-13H2,1-3H3. The molecule has 1 atom stereocenters. The summed E-state index contributed by atoms with van der Waals surface area (Å²) in [6.45, 7) is 9.87. The van der Waals surface area contributed by atoms with Crippen LogP contribution in [-0.2, 0) is 0 Å². The molecule has 0 aromatic heterocycles. The molecular formula is C17H26N2. The first-order valence-electron chi connectivity index (χ1n) is 7.49. The highest BCUT2D eigenvalue weighted by molar-refractivity contribution is 5.56. The molecule has 2 nitrogen and oxygen atoms in total. The number of benzene rings is 1. The summed E-state index contributed by atoms with van der Waals surface area (Å²) < 4.78 is 0. The highest BCUT2D eigenvalue weighted by Gasteiger charge is 2.17. The van der Waals surface area contributed by atoms with Crippen molar-refractivity contribution in [3.63, 3.8) is 0 Å². The van der Waals surface area contributed by atoms with Crippen LogP contribution < -0.4 is 10.2 Å². The van der Waals surface area contributed by atoms with E-state index in [0.29, 0.717) is 6.04 Å². The van der Waals surface area contributed by atoms with E-state index in [1.807, 2.05) is 0 Å². The summed E-state index contributed by atoms with van der Waals surface area (Å²) in [7, 11) is 0. The van der Waals surface area contributed by atoms with Crippen LogP contribution in [0.2, 0.25) is 0 Å². The second kappa shape index (κ2) is 6.76. The molecule has 2 heteroatoms. The second-order valence-corrected chi connectivity index (χ2v) is 5.32. The molecule has 1 heterocycles. The molecule has 104 valence electrons. The normalized spacial score (nSPS) is 17.2. The summed E-state index contributed by atoms with van der Waals surface area (Å²) in [5.74, 6) is 0. The molecule has 1 aromatic carbocycles. The Balaban J connectivity index is 2.25. The molecule has 0 aliphatic carbocycles. The van der Waals surface area contributed by atoms with Crippen molar-refractivity contribution in [1.82, 2.24) is 5.32 Å². The molecular weight excluding hydrogens is 232 g/mol. The minimum atomic E-state index is 0.466. The molecule has 1 aliphatic heterocycles. The van der Waals surface area contributed by atoms with Gasteiger partial charge in [0, 0.05) is 24.8 Å². The van der Waals surface area contributed by atoms with Crippen LogP contribution in [0.4, 0.5) is 5.69 Å². The van der Waals surface area contributed by atoms with E-state index in [4.69, 9.17) is 0 Å². The average Bonchev–Trinajstić information content (AvgIpc) is 2.46. The Morgan fingerprint density at radius 1 is 1.26 bits per heavy atom. The van der Waals surface area contributed by atoms with Crippen molar-refractivity contribution in [2.45, 2.75) is 39.7 Å². The predicted molar refractivity (Wildman–Crippen MR) is 83.7 cm³/mol. The van der Waals surface area contributed by atoms with Gasteiger partial charge in [-0.05, 0) is 37.9 Å². The molecule has 1 unspecified atom stereocenters. The van der Waals surface area contributed by atoms with Crippen LogP contribution in [0, 0.1) is 0 Å². The number of nitrogens with one attached hydrogen (secondary N) is 1. The Kier molecular flexibility index (Phi) is 5.03. The molecule has 19 heavy (non-hydrogen) atoms. The molecule has 0 saturated carbocycles. The van der Waals surface area contributed by atoms with Crippen molar-refractivity contribution in [3.8, 4) is 0 Å². The number of hydrogen-bond donors (Lipinski definition) is 1. The smallest absolute Gasteiger partial charge is 0.0417 e. The summed E-state index contributed by atoms with van der Waals surface area (Å²) in [6, 6.07) is 9.32. The van der Waals surface area contributed by atoms with Crippen LogP contribution in [0.1, 0.15) is 45.2 Å². The third kappa shape index (κ3) is 3.38. The van der Waals surface area contributed by atoms with E-state index in [1.165, 1.54) is 23.2 Å². The molecule has 1 N–H and O–H groups in total. The topological polar surface area (TPSA) is 15.3 Å². The predicted octanol–water partition coefficient (Wildman–Crippen LogP) is 3.90. The van der Waals surface area contributed by atoms with Gasteiger partial charge in [-0.25, -0.2) is 0 Å². The van der Waals surface area contributed by atoms with E-state index >= 15 is 0 Å². The summed E-state index contributed by atoms with van der Waals surface area (Å²) in [5.41, 5.74) is 4.37. The molecule has 0 saturated heterocycles. The molecule has 1 aromatic rings. The van der Waals surface area contributed by atoms with Crippen LogP contribution in [-0.4, -0.2) is 19.6 Å². The van der Waals surface area contributed by atoms with Gasteiger partial charge in [0.1, 0.15) is 0 Å². The Morgan fingerprint density at radius 3 is 2.68 bits per heavy atom. The number of para-hydroxylation sites is 1. The summed E-state index contributed by atoms with van der Waals surface area (Å²) >= 11 is 0. The van der Waals surface area contributed by atoms with Crippen molar-refractivity contribution in [2.24, 2.45) is 0 Å². The Morgan fingerprint density at radius 2 is 2.05 bits per heavy atom. The van der Waals surface area contributed by atoms with Crippen molar-refractivity contribution in [2.75, 3.05) is 24.5 Å². The van der Waals surface area contributed by atoms with Gasteiger partial charge < -0.3 is 10.2 Å². The lowest BCUT2D eigenvalue weighted by Gasteiger charge is -2.31. The first kappa shape index (κ1) is 14.1. The molecule has 0 bridgehead atoms. The molecule has 1 aliphatic rings. The highest BCUT2D eigenvalue weighted by Crippen LogP contribution is 2.29. The largest absolute Gasteiger partial charge is 0.367 e. The maximum Gasteiger partial charge on any atom is 0.0417 e. The Bertz CT molecular complexity index is 437. The van der Waals surface area contributed by atoms with Gasteiger partial charge in [-0.2, -0.15) is 0 Å². The van der Waals surface area contributed by atoms with Crippen molar-refractivity contribution >= 4 is 5.69 Å². The zero-order valence-electron chi connectivity index (χ0n) is 12.4. The van der Waals surface area contributed by atoms with Crippen LogP contribution in [0.5, 0.6) is 0 Å². The lowest BCUT2D eigenvalue weighted by molar-refractivity contribution is 0.536. The highest BCUT2D eigenvalue weighted by atomic mass is 15.1. The van der Waals surface area contributed by atoms with Crippen molar-refractivity contribution < 1.29 is 0 Å². The number of nitrogens with zero attached hydrogens (tertiary/aromatic N) is 1. The maximum atomic E-state index is 3.59. The SMILES string of the molecule is CCNC(CC)c1ccccc1N1CC=C(C)CC1. The zero-order chi connectivity index (χ0) is 13.7. The first-order chi connectivity index (χ1) is 9.26. The van der Waals surface area contributed by atoms with E-state index in [0.717, 1.165) is 26.1 Å². The molecule has 0 amide bonds. The van der Waals surface area contributed by atoms with E-state index < -0.39 is 0 Å². The van der Waals surface area contributed by atoms with Gasteiger partial charge in [-0.15, -0.1) is 0 Å². The quantitative estimate of drug-likeness (QED) is 0.806. The van der Waals surface area contributed by atoms with E-state index in [2.05, 4.69) is 61.3 Å². The van der Waals surface area contributed by atoms with Gasteiger partial charge in [0.15, 0.2) is 0 Å². The van der Waals surface area contributed by atoms with E-state index in [-0.39, 0.29) is 0 Å². The van der Waals surface area contributed by atoms with E-state index in [1.54, 1.807) is 0 Å². The number of hydrogen-bond acceptors (Lipinski definition) is 2. The molecule has 0 fully saturated rings. The van der Waals surface area contributed by atoms with E-state index in [9.17, 15) is 0 Å². The van der Waals surface area contributed by atoms with Crippen molar-refractivity contribution in [3.05, 3.63) is 41.5 Å². The Hall–Kier alpha value is -1.28. The minimum Gasteiger partial charge on any atom is -0.367 e. The summed E-state index contributed by atoms with van der Waals surface area (Å²) in [6.07, 6.45) is 4.67. The fraction of sp³-hybridized carbons (Fsp3) is 0.529. The fourth-order valence-electron chi connectivity index (χ4n) is 2.78. The summed E-state index contributed by atoms with van der Waals surface area (Å²) in [4.78, 5) is 2.50. The van der Waals surface area contributed by atoms with Gasteiger partial charge in [0.05, 0.1) is 0 Å². The van der Waals surface area contributed by atoms with Gasteiger partial charge in [-0.1, -0.05) is 43.7 Å². The van der Waals surface area contributed by atoms with Gasteiger partial charge in [-0.3, -0.25) is 0 Å². The second-order valence-electron chi connectivity index (χ2n) is 5.32. The number of anilines is 1. The molecule has 0 spiro atoms. The van der Waals surface area contributed by atoms with Gasteiger partial charge >= 0.3 is 0 Å².